The summed E-state index contributed by atoms with van der Waals surface area (Å²) in [6, 6.07) is 2.23. The van der Waals surface area contributed by atoms with Crippen molar-refractivity contribution in [1.29, 1.82) is 0 Å². The average molecular weight is 271 g/mol. The van der Waals surface area contributed by atoms with Gasteiger partial charge in [0.05, 0.1) is 4.92 Å². The second-order valence-corrected chi connectivity index (χ2v) is 3.68. The lowest BCUT2D eigenvalue weighted by Gasteiger charge is -2.10. The normalized spacial score (nSPS) is 10.6. The van der Waals surface area contributed by atoms with Gasteiger partial charge in [0.15, 0.2) is 0 Å². The van der Waals surface area contributed by atoms with Crippen LogP contribution in [0.15, 0.2) is 17.1 Å². The number of nitrogens with one attached hydrogen (secondary N) is 1. The summed E-state index contributed by atoms with van der Waals surface area (Å²) in [4.78, 5) is 24.4. The number of benzene rings is 1. The largest absolute Gasteiger partial charge is 0.867 e. The molecule has 1 N–H and O–H groups in total. The van der Waals surface area contributed by atoms with E-state index in [0.29, 0.717) is 0 Å². The number of hydrogen-bond acceptors (Lipinski definition) is 5. The second kappa shape index (κ2) is 5.97. The van der Waals surface area contributed by atoms with Gasteiger partial charge in [-0.25, -0.2) is 0 Å². The van der Waals surface area contributed by atoms with E-state index in [9.17, 15) is 20.0 Å². The average Bonchev–Trinajstić information content (AvgIpc) is 2.32. The number of hydrogen-bond donors (Lipinski definition) is 1. The minimum absolute atomic E-state index is 0.0295. The second-order valence-electron chi connectivity index (χ2n) is 3.24. The highest BCUT2D eigenvalue weighted by atomic mass is 35.5. The molecule has 0 saturated heterocycles. The number of carbonyl (C=O) groups is 1. The van der Waals surface area contributed by atoms with Crippen molar-refractivity contribution in [3.05, 3.63) is 32.8 Å². The van der Waals surface area contributed by atoms with E-state index >= 15 is 0 Å². The monoisotopic (exact) mass is 270 g/mol. The predicted molar refractivity (Wildman–Crippen MR) is 64.1 cm³/mol. The van der Waals surface area contributed by atoms with Crippen LogP contribution >= 0.6 is 11.6 Å². The Morgan fingerprint density at radius 3 is 2.83 bits per heavy atom. The van der Waals surface area contributed by atoms with Crippen LogP contribution in [0.1, 0.15) is 5.56 Å². The summed E-state index contributed by atoms with van der Waals surface area (Å²) < 4.78 is 0. The van der Waals surface area contributed by atoms with E-state index < -0.39 is 16.4 Å². The van der Waals surface area contributed by atoms with Crippen LogP contribution in [0.2, 0.25) is 5.02 Å². The van der Waals surface area contributed by atoms with Crippen molar-refractivity contribution in [2.24, 2.45) is 4.99 Å². The molecule has 96 valence electrons. The van der Waals surface area contributed by atoms with Crippen molar-refractivity contribution in [3.8, 4) is 5.75 Å². The molecule has 0 atom stereocenters. The zero-order valence-corrected chi connectivity index (χ0v) is 10.1. The molecule has 0 aliphatic heterocycles. The minimum atomic E-state index is -0.815. The third-order valence-corrected chi connectivity index (χ3v) is 2.22. The van der Waals surface area contributed by atoms with E-state index in [2.05, 4.69) is 10.3 Å². The fourth-order valence-corrected chi connectivity index (χ4v) is 1.36. The van der Waals surface area contributed by atoms with Gasteiger partial charge in [0.25, 0.3) is 5.69 Å². The smallest absolute Gasteiger partial charge is 0.263 e. The van der Waals surface area contributed by atoms with Gasteiger partial charge in [-0.1, -0.05) is 11.6 Å². The molecule has 0 aromatic heterocycles. The molecule has 1 rings (SSSR count). The molecule has 8 heteroatoms. The molecule has 0 unspecified atom stereocenters. The number of nitro benzene ring substituents is 1. The lowest BCUT2D eigenvalue weighted by atomic mass is 10.2. The fourth-order valence-electron chi connectivity index (χ4n) is 1.14. The number of aliphatic imine (C=N–C) groups is 1. The molecule has 0 aliphatic carbocycles. The third kappa shape index (κ3) is 3.42. The van der Waals surface area contributed by atoms with Crippen LogP contribution in [0.25, 0.3) is 0 Å². The first-order valence-electron chi connectivity index (χ1n) is 4.81. The number of rotatable bonds is 4. The molecule has 0 radical (unpaired) electrons. The summed E-state index contributed by atoms with van der Waals surface area (Å²) in [5.41, 5.74) is -0.651. The van der Waals surface area contributed by atoms with Gasteiger partial charge in [0.1, 0.15) is 6.54 Å². The van der Waals surface area contributed by atoms with Gasteiger partial charge in [-0.05, 0) is 17.4 Å². The highest BCUT2D eigenvalue weighted by Crippen LogP contribution is 2.29. The molecule has 0 saturated carbocycles. The molecule has 1 aromatic rings. The maximum Gasteiger partial charge on any atom is 0.263 e. The van der Waals surface area contributed by atoms with Crippen molar-refractivity contribution in [2.45, 2.75) is 0 Å². The Bertz CT molecular complexity index is 516. The first-order valence-corrected chi connectivity index (χ1v) is 5.19. The molecular weight excluding hydrogens is 262 g/mol. The zero-order chi connectivity index (χ0) is 13.7. The Morgan fingerprint density at radius 2 is 2.28 bits per heavy atom. The van der Waals surface area contributed by atoms with Crippen molar-refractivity contribution in [2.75, 3.05) is 13.6 Å². The molecular formula is C10H9ClN3O4-. The lowest BCUT2D eigenvalue weighted by Crippen LogP contribution is -2.20. The summed E-state index contributed by atoms with van der Waals surface area (Å²) >= 11 is 5.65. The van der Waals surface area contributed by atoms with Gasteiger partial charge >= 0.3 is 0 Å². The molecule has 0 fully saturated rings. The molecule has 0 heterocycles. The summed E-state index contributed by atoms with van der Waals surface area (Å²) in [7, 11) is 1.45. The Kier molecular flexibility index (Phi) is 4.61. The predicted octanol–water partition coefficient (Wildman–Crippen LogP) is 0.487. The number of halogens is 1. The van der Waals surface area contributed by atoms with Crippen LogP contribution < -0.4 is 10.4 Å². The van der Waals surface area contributed by atoms with Gasteiger partial charge < -0.3 is 10.4 Å². The van der Waals surface area contributed by atoms with Crippen LogP contribution in [0.3, 0.4) is 0 Å². The van der Waals surface area contributed by atoms with Gasteiger partial charge in [-0.3, -0.25) is 19.9 Å². The van der Waals surface area contributed by atoms with Gasteiger partial charge in [0.2, 0.25) is 5.91 Å². The summed E-state index contributed by atoms with van der Waals surface area (Å²) in [5, 5.41) is 24.6. The molecule has 0 aliphatic rings. The zero-order valence-electron chi connectivity index (χ0n) is 9.34. The van der Waals surface area contributed by atoms with Gasteiger partial charge in [-0.15, -0.1) is 0 Å². The van der Waals surface area contributed by atoms with Crippen LogP contribution in [0.4, 0.5) is 5.69 Å². The SMILES string of the molecule is CNC(=O)CN=Cc1cc(Cl)cc([N+](=O)[O-])c1[O-]. The molecule has 0 spiro atoms. The summed E-state index contributed by atoms with van der Waals surface area (Å²) in [6.45, 7) is -0.170. The van der Waals surface area contributed by atoms with E-state index in [1.165, 1.54) is 13.1 Å². The van der Waals surface area contributed by atoms with E-state index in [0.717, 1.165) is 12.3 Å². The van der Waals surface area contributed by atoms with Crippen LogP contribution in [0.5, 0.6) is 5.75 Å². The van der Waals surface area contributed by atoms with Crippen LogP contribution in [-0.4, -0.2) is 30.6 Å². The highest BCUT2D eigenvalue weighted by Gasteiger charge is 2.11. The van der Waals surface area contributed by atoms with Gasteiger partial charge in [-0.2, -0.15) is 0 Å². The van der Waals surface area contributed by atoms with Crippen LogP contribution in [-0.2, 0) is 4.79 Å². The molecule has 0 bridgehead atoms. The number of nitrogens with zero attached hydrogens (tertiary/aromatic N) is 2. The third-order valence-electron chi connectivity index (χ3n) is 2.00. The Balaban J connectivity index is 3.02. The minimum Gasteiger partial charge on any atom is -0.867 e. The fraction of sp³-hybridized carbons (Fsp3) is 0.200. The number of likely N-dealkylation sites (N-methyl/N-ethyl adjacent to an activating group) is 1. The van der Waals surface area contributed by atoms with Gasteiger partial charge in [0, 0.05) is 24.4 Å². The first-order chi connectivity index (χ1) is 8.45. The number of amides is 1. The Morgan fingerprint density at radius 1 is 1.61 bits per heavy atom. The van der Waals surface area contributed by atoms with E-state index in [-0.39, 0.29) is 23.0 Å². The maximum atomic E-state index is 11.6. The van der Waals surface area contributed by atoms with Crippen molar-refractivity contribution < 1.29 is 14.8 Å². The maximum absolute atomic E-state index is 11.6. The molecule has 18 heavy (non-hydrogen) atoms. The summed E-state index contributed by atoms with van der Waals surface area (Å²) in [5.74, 6) is -1.12. The number of carbonyl (C=O) groups excluding carboxylic acids is 1. The quantitative estimate of drug-likeness (QED) is 0.488. The van der Waals surface area contributed by atoms with Crippen LogP contribution in [0, 0.1) is 10.1 Å². The first kappa shape index (κ1) is 13.9. The Labute approximate surface area is 107 Å². The Hall–Kier alpha value is -2.15. The number of nitro groups is 1. The standard InChI is InChI=1S/C10H10ClN3O4/c1-12-9(15)5-13-4-6-2-7(11)3-8(10(6)16)14(17)18/h2-4,16H,5H2,1H3,(H,12,15)/p-1. The highest BCUT2D eigenvalue weighted by molar-refractivity contribution is 6.31. The molecule has 1 aromatic carbocycles. The van der Waals surface area contributed by atoms with Crippen molar-refractivity contribution >= 4 is 29.4 Å². The molecule has 7 nitrogen and oxygen atoms in total. The van der Waals surface area contributed by atoms with E-state index in [1.807, 2.05) is 0 Å². The van der Waals surface area contributed by atoms with Crippen molar-refractivity contribution in [1.82, 2.24) is 5.32 Å². The lowest BCUT2D eigenvalue weighted by molar-refractivity contribution is -0.398. The van der Waals surface area contributed by atoms with E-state index in [1.54, 1.807) is 0 Å². The van der Waals surface area contributed by atoms with Crippen molar-refractivity contribution in [3.63, 3.8) is 0 Å². The summed E-state index contributed by atoms with van der Waals surface area (Å²) in [6.07, 6.45) is 1.09. The topological polar surface area (TPSA) is 108 Å². The molecule has 1 amide bonds. The van der Waals surface area contributed by atoms with E-state index in [4.69, 9.17) is 11.6 Å².